The Morgan fingerprint density at radius 1 is 1.48 bits per heavy atom. The number of carbonyl (C=O) groups excluding carboxylic acids is 1. The minimum atomic E-state index is -0.270. The summed E-state index contributed by atoms with van der Waals surface area (Å²) in [5, 5.41) is 5.64. The van der Waals surface area contributed by atoms with Gasteiger partial charge in [-0.3, -0.25) is 4.79 Å². The van der Waals surface area contributed by atoms with E-state index in [4.69, 9.17) is 4.74 Å². The monoisotopic (exact) mass is 334 g/mol. The fourth-order valence-corrected chi connectivity index (χ4v) is 3.50. The van der Waals surface area contributed by atoms with Gasteiger partial charge in [0, 0.05) is 17.6 Å². The first-order chi connectivity index (χ1) is 11.1. The van der Waals surface area contributed by atoms with Gasteiger partial charge in [-0.1, -0.05) is 0 Å². The topological polar surface area (TPSA) is 51.2 Å². The number of thiazole rings is 1. The quantitative estimate of drug-likeness (QED) is 0.914. The lowest BCUT2D eigenvalue weighted by Crippen LogP contribution is -2.41. The second-order valence-electron chi connectivity index (χ2n) is 5.74. The molecular formula is C17H19FN2O2S. The predicted molar refractivity (Wildman–Crippen MR) is 87.8 cm³/mol. The van der Waals surface area contributed by atoms with Crippen molar-refractivity contribution in [3.05, 3.63) is 41.2 Å². The normalized spacial score (nSPS) is 18.8. The molecule has 1 N–H and O–H groups in total. The predicted octanol–water partition coefficient (Wildman–Crippen LogP) is 3.18. The van der Waals surface area contributed by atoms with Crippen LogP contribution in [0.5, 0.6) is 0 Å². The Labute approximate surface area is 138 Å². The molecule has 1 saturated heterocycles. The molecule has 1 fully saturated rings. The van der Waals surface area contributed by atoms with E-state index in [1.807, 2.05) is 12.3 Å². The third-order valence-corrected chi connectivity index (χ3v) is 4.84. The van der Waals surface area contributed by atoms with Crippen molar-refractivity contribution in [3.63, 3.8) is 0 Å². The first-order valence-corrected chi connectivity index (χ1v) is 8.61. The van der Waals surface area contributed by atoms with Crippen LogP contribution in [0.1, 0.15) is 25.5 Å². The highest BCUT2D eigenvalue weighted by atomic mass is 32.1. The number of amides is 1. The average Bonchev–Trinajstić information content (AvgIpc) is 3.19. The maximum absolute atomic E-state index is 12.9. The van der Waals surface area contributed by atoms with Crippen LogP contribution in [0.15, 0.2) is 29.6 Å². The van der Waals surface area contributed by atoms with Gasteiger partial charge in [0.15, 0.2) is 0 Å². The maximum atomic E-state index is 12.9. The van der Waals surface area contributed by atoms with Crippen LogP contribution in [0.3, 0.4) is 0 Å². The van der Waals surface area contributed by atoms with Crippen molar-refractivity contribution < 1.29 is 13.9 Å². The second kappa shape index (κ2) is 7.19. The van der Waals surface area contributed by atoms with E-state index in [1.54, 1.807) is 12.1 Å². The highest BCUT2D eigenvalue weighted by Crippen LogP contribution is 2.24. The van der Waals surface area contributed by atoms with Crippen LogP contribution in [0.2, 0.25) is 0 Å². The van der Waals surface area contributed by atoms with Gasteiger partial charge in [0.25, 0.3) is 0 Å². The molecule has 0 spiro atoms. The van der Waals surface area contributed by atoms with Gasteiger partial charge >= 0.3 is 0 Å². The summed E-state index contributed by atoms with van der Waals surface area (Å²) < 4.78 is 18.5. The number of nitrogens with zero attached hydrogens (tertiary/aromatic N) is 1. The summed E-state index contributed by atoms with van der Waals surface area (Å²) in [7, 11) is 0. The van der Waals surface area contributed by atoms with Gasteiger partial charge in [-0.2, -0.15) is 0 Å². The zero-order valence-corrected chi connectivity index (χ0v) is 13.7. The van der Waals surface area contributed by atoms with Crippen LogP contribution in [-0.4, -0.2) is 29.6 Å². The SMILES string of the molecule is C[C@H](NC(=O)Cc1csc(-c2ccc(F)cc2)n1)[C@H]1CCCO1. The molecule has 1 aliphatic heterocycles. The van der Waals surface area contributed by atoms with Crippen LogP contribution in [-0.2, 0) is 16.0 Å². The van der Waals surface area contributed by atoms with E-state index in [1.165, 1.54) is 23.5 Å². The summed E-state index contributed by atoms with van der Waals surface area (Å²) >= 11 is 1.46. The molecule has 3 rings (SSSR count). The van der Waals surface area contributed by atoms with Crippen LogP contribution in [0.25, 0.3) is 10.6 Å². The summed E-state index contributed by atoms with van der Waals surface area (Å²) in [6.45, 7) is 2.75. The second-order valence-corrected chi connectivity index (χ2v) is 6.59. The Morgan fingerprint density at radius 3 is 2.96 bits per heavy atom. The van der Waals surface area contributed by atoms with E-state index >= 15 is 0 Å². The number of halogens is 1. The van der Waals surface area contributed by atoms with Crippen molar-refractivity contribution in [2.45, 2.75) is 38.3 Å². The van der Waals surface area contributed by atoms with E-state index in [0.717, 1.165) is 35.7 Å². The van der Waals surface area contributed by atoms with Crippen LogP contribution >= 0.6 is 11.3 Å². The molecule has 4 nitrogen and oxygen atoms in total. The fraction of sp³-hybridized carbons (Fsp3) is 0.412. The number of benzene rings is 1. The number of rotatable bonds is 5. The Hall–Kier alpha value is -1.79. The van der Waals surface area contributed by atoms with Gasteiger partial charge in [0.05, 0.1) is 24.3 Å². The van der Waals surface area contributed by atoms with Crippen LogP contribution < -0.4 is 5.32 Å². The molecule has 2 aromatic rings. The fourth-order valence-electron chi connectivity index (χ4n) is 2.67. The molecule has 23 heavy (non-hydrogen) atoms. The average molecular weight is 334 g/mol. The first-order valence-electron chi connectivity index (χ1n) is 7.73. The zero-order chi connectivity index (χ0) is 16.2. The van der Waals surface area contributed by atoms with Gasteiger partial charge in [0.2, 0.25) is 5.91 Å². The highest BCUT2D eigenvalue weighted by molar-refractivity contribution is 7.13. The summed E-state index contributed by atoms with van der Waals surface area (Å²) in [4.78, 5) is 16.6. The van der Waals surface area contributed by atoms with Crippen molar-refractivity contribution in [2.75, 3.05) is 6.61 Å². The van der Waals surface area contributed by atoms with E-state index in [2.05, 4.69) is 10.3 Å². The smallest absolute Gasteiger partial charge is 0.226 e. The van der Waals surface area contributed by atoms with E-state index in [0.29, 0.717) is 0 Å². The van der Waals surface area contributed by atoms with Gasteiger partial charge in [-0.15, -0.1) is 11.3 Å². The summed E-state index contributed by atoms with van der Waals surface area (Å²) in [5.41, 5.74) is 1.59. The molecule has 6 heteroatoms. The summed E-state index contributed by atoms with van der Waals surface area (Å²) in [6.07, 6.45) is 2.41. The standard InChI is InChI=1S/C17H19FN2O2S/c1-11(15-3-2-8-22-15)19-16(21)9-14-10-23-17(20-14)12-4-6-13(18)7-5-12/h4-7,10-11,15H,2-3,8-9H2,1H3,(H,19,21)/t11-,15+/m0/s1. The largest absolute Gasteiger partial charge is 0.376 e. The van der Waals surface area contributed by atoms with Gasteiger partial charge in [0.1, 0.15) is 10.8 Å². The lowest BCUT2D eigenvalue weighted by molar-refractivity contribution is -0.121. The first kappa shape index (κ1) is 16.1. The number of hydrogen-bond acceptors (Lipinski definition) is 4. The number of hydrogen-bond donors (Lipinski definition) is 1. The lowest BCUT2D eigenvalue weighted by atomic mass is 10.1. The van der Waals surface area contributed by atoms with Gasteiger partial charge < -0.3 is 10.1 Å². The number of carbonyl (C=O) groups is 1. The number of nitrogens with one attached hydrogen (secondary N) is 1. The van der Waals surface area contributed by atoms with Crippen LogP contribution in [0, 0.1) is 5.82 Å². The third-order valence-electron chi connectivity index (χ3n) is 3.90. The zero-order valence-electron chi connectivity index (χ0n) is 12.9. The molecule has 1 aliphatic rings. The molecule has 0 saturated carbocycles. The molecule has 2 heterocycles. The maximum Gasteiger partial charge on any atom is 0.226 e. The van der Waals surface area contributed by atoms with E-state index < -0.39 is 0 Å². The summed E-state index contributed by atoms with van der Waals surface area (Å²) in [5.74, 6) is -0.322. The molecule has 1 aromatic heterocycles. The van der Waals surface area contributed by atoms with Crippen molar-refractivity contribution in [2.24, 2.45) is 0 Å². The Bertz CT molecular complexity index is 665. The van der Waals surface area contributed by atoms with Gasteiger partial charge in [-0.25, -0.2) is 9.37 Å². The summed E-state index contributed by atoms with van der Waals surface area (Å²) in [6, 6.07) is 6.22. The molecule has 1 aromatic carbocycles. The van der Waals surface area contributed by atoms with Crippen molar-refractivity contribution >= 4 is 17.2 Å². The lowest BCUT2D eigenvalue weighted by Gasteiger charge is -2.19. The Morgan fingerprint density at radius 2 is 2.26 bits per heavy atom. The van der Waals surface area contributed by atoms with Crippen molar-refractivity contribution in [3.8, 4) is 10.6 Å². The van der Waals surface area contributed by atoms with Crippen molar-refractivity contribution in [1.82, 2.24) is 10.3 Å². The molecule has 0 radical (unpaired) electrons. The molecule has 1 amide bonds. The molecule has 2 atom stereocenters. The molecule has 0 bridgehead atoms. The van der Waals surface area contributed by atoms with E-state index in [-0.39, 0.29) is 30.3 Å². The Kier molecular flexibility index (Phi) is 5.03. The minimum absolute atomic E-state index is 0.0141. The minimum Gasteiger partial charge on any atom is -0.376 e. The molecule has 0 aliphatic carbocycles. The molecule has 0 unspecified atom stereocenters. The van der Waals surface area contributed by atoms with Crippen molar-refractivity contribution in [1.29, 1.82) is 0 Å². The molecular weight excluding hydrogens is 315 g/mol. The molecule has 122 valence electrons. The van der Waals surface area contributed by atoms with Gasteiger partial charge in [-0.05, 0) is 44.0 Å². The highest BCUT2D eigenvalue weighted by Gasteiger charge is 2.23. The van der Waals surface area contributed by atoms with Crippen LogP contribution in [0.4, 0.5) is 4.39 Å². The van der Waals surface area contributed by atoms with E-state index in [9.17, 15) is 9.18 Å². The number of aromatic nitrogens is 1. The Balaban J connectivity index is 1.57. The third kappa shape index (κ3) is 4.14. The number of ether oxygens (including phenoxy) is 1.